The van der Waals surface area contributed by atoms with Crippen molar-refractivity contribution in [3.63, 3.8) is 0 Å². The van der Waals surface area contributed by atoms with E-state index in [-0.39, 0.29) is 25.1 Å². The summed E-state index contributed by atoms with van der Waals surface area (Å²) in [6.45, 7) is 2.23. The summed E-state index contributed by atoms with van der Waals surface area (Å²) in [5.74, 6) is -0.187. The number of anilines is 1. The second-order valence-corrected chi connectivity index (χ2v) is 4.68. The third kappa shape index (κ3) is 4.29. The molecule has 1 aromatic heterocycles. The van der Waals surface area contributed by atoms with Gasteiger partial charge in [-0.1, -0.05) is 6.07 Å². The quantitative estimate of drug-likeness (QED) is 0.758. The van der Waals surface area contributed by atoms with Gasteiger partial charge in [0.05, 0.1) is 18.3 Å². The van der Waals surface area contributed by atoms with E-state index in [0.29, 0.717) is 5.56 Å². The third-order valence-electron chi connectivity index (χ3n) is 3.06. The predicted octanol–water partition coefficient (Wildman–Crippen LogP) is 1.98. The van der Waals surface area contributed by atoms with Crippen LogP contribution in [0.25, 0.3) is 0 Å². The molecule has 5 heteroatoms. The third-order valence-corrected chi connectivity index (χ3v) is 3.06. The summed E-state index contributed by atoms with van der Waals surface area (Å²) in [5.41, 5.74) is 2.45. The van der Waals surface area contributed by atoms with Crippen molar-refractivity contribution >= 4 is 11.6 Å². The molecule has 0 saturated heterocycles. The van der Waals surface area contributed by atoms with Gasteiger partial charge < -0.3 is 15.7 Å². The van der Waals surface area contributed by atoms with Crippen LogP contribution in [0.4, 0.5) is 5.69 Å². The van der Waals surface area contributed by atoms with Gasteiger partial charge in [-0.2, -0.15) is 0 Å². The SMILES string of the molecule is CC(Nc1ccc(C(=O)NCCO)cc1)c1ccccn1. The number of aliphatic hydroxyl groups is 1. The molecule has 1 amide bonds. The topological polar surface area (TPSA) is 74.2 Å². The second kappa shape index (κ2) is 7.40. The summed E-state index contributed by atoms with van der Waals surface area (Å²) in [6, 6.07) is 13.1. The Balaban J connectivity index is 1.98. The molecule has 0 aliphatic rings. The summed E-state index contributed by atoms with van der Waals surface area (Å²) in [6.07, 6.45) is 1.77. The first-order valence-corrected chi connectivity index (χ1v) is 6.87. The molecule has 3 N–H and O–H groups in total. The summed E-state index contributed by atoms with van der Waals surface area (Å²) in [4.78, 5) is 16.0. The van der Waals surface area contributed by atoms with Crippen LogP contribution in [-0.2, 0) is 0 Å². The molecule has 110 valence electrons. The highest BCUT2D eigenvalue weighted by Crippen LogP contribution is 2.17. The Morgan fingerprint density at radius 1 is 1.24 bits per heavy atom. The number of benzene rings is 1. The van der Waals surface area contributed by atoms with Crippen molar-refractivity contribution in [1.82, 2.24) is 10.3 Å². The number of hydrogen-bond donors (Lipinski definition) is 3. The lowest BCUT2D eigenvalue weighted by Gasteiger charge is -2.15. The molecule has 0 radical (unpaired) electrons. The number of hydrogen-bond acceptors (Lipinski definition) is 4. The normalized spacial score (nSPS) is 11.7. The van der Waals surface area contributed by atoms with Crippen molar-refractivity contribution in [3.8, 4) is 0 Å². The van der Waals surface area contributed by atoms with Crippen LogP contribution in [0.1, 0.15) is 29.0 Å². The average molecular weight is 285 g/mol. The van der Waals surface area contributed by atoms with Gasteiger partial charge in [0.15, 0.2) is 0 Å². The number of rotatable bonds is 6. The Labute approximate surface area is 124 Å². The molecule has 1 unspecified atom stereocenters. The molecule has 1 heterocycles. The van der Waals surface area contributed by atoms with Crippen LogP contribution in [0, 0.1) is 0 Å². The van der Waals surface area contributed by atoms with Gasteiger partial charge in [-0.25, -0.2) is 0 Å². The summed E-state index contributed by atoms with van der Waals surface area (Å²) in [7, 11) is 0. The maximum Gasteiger partial charge on any atom is 0.251 e. The lowest BCUT2D eigenvalue weighted by atomic mass is 10.1. The fourth-order valence-electron chi connectivity index (χ4n) is 1.95. The number of pyridine rings is 1. The van der Waals surface area contributed by atoms with Gasteiger partial charge in [0.2, 0.25) is 0 Å². The van der Waals surface area contributed by atoms with Gasteiger partial charge in [0, 0.05) is 24.0 Å². The van der Waals surface area contributed by atoms with Gasteiger partial charge in [-0.3, -0.25) is 9.78 Å². The number of amides is 1. The zero-order valence-corrected chi connectivity index (χ0v) is 11.9. The lowest BCUT2D eigenvalue weighted by molar-refractivity contribution is 0.0945. The largest absolute Gasteiger partial charge is 0.395 e. The number of carbonyl (C=O) groups is 1. The summed E-state index contributed by atoms with van der Waals surface area (Å²) in [5, 5.41) is 14.6. The Hall–Kier alpha value is -2.40. The van der Waals surface area contributed by atoms with Crippen molar-refractivity contribution < 1.29 is 9.90 Å². The molecule has 2 aromatic rings. The van der Waals surface area contributed by atoms with Crippen molar-refractivity contribution in [2.24, 2.45) is 0 Å². The number of aliphatic hydroxyl groups excluding tert-OH is 1. The number of nitrogens with one attached hydrogen (secondary N) is 2. The van der Waals surface area contributed by atoms with E-state index in [1.807, 2.05) is 37.3 Å². The zero-order chi connectivity index (χ0) is 15.1. The molecule has 21 heavy (non-hydrogen) atoms. The Kier molecular flexibility index (Phi) is 5.29. The van der Waals surface area contributed by atoms with Gasteiger partial charge in [0.1, 0.15) is 0 Å². The Morgan fingerprint density at radius 2 is 2.00 bits per heavy atom. The van der Waals surface area contributed by atoms with E-state index < -0.39 is 0 Å². The lowest BCUT2D eigenvalue weighted by Crippen LogP contribution is -2.26. The molecule has 5 nitrogen and oxygen atoms in total. The first-order chi connectivity index (χ1) is 10.2. The highest BCUT2D eigenvalue weighted by Gasteiger charge is 2.07. The Bertz CT molecular complexity index is 570. The first-order valence-electron chi connectivity index (χ1n) is 6.87. The minimum absolute atomic E-state index is 0.0625. The smallest absolute Gasteiger partial charge is 0.251 e. The maximum atomic E-state index is 11.7. The number of nitrogens with zero attached hydrogens (tertiary/aromatic N) is 1. The van der Waals surface area contributed by atoms with Crippen LogP contribution >= 0.6 is 0 Å². The van der Waals surface area contributed by atoms with Crippen LogP contribution < -0.4 is 10.6 Å². The molecule has 0 spiro atoms. The monoisotopic (exact) mass is 285 g/mol. The van der Waals surface area contributed by atoms with E-state index in [0.717, 1.165) is 11.4 Å². The van der Waals surface area contributed by atoms with Gasteiger partial charge in [-0.05, 0) is 43.3 Å². The van der Waals surface area contributed by atoms with E-state index in [4.69, 9.17) is 5.11 Å². The van der Waals surface area contributed by atoms with Crippen LogP contribution in [0.3, 0.4) is 0 Å². The summed E-state index contributed by atoms with van der Waals surface area (Å²) >= 11 is 0. The fourth-order valence-corrected chi connectivity index (χ4v) is 1.95. The number of aromatic nitrogens is 1. The highest BCUT2D eigenvalue weighted by molar-refractivity contribution is 5.94. The van der Waals surface area contributed by atoms with Gasteiger partial charge in [-0.15, -0.1) is 0 Å². The minimum Gasteiger partial charge on any atom is -0.395 e. The van der Waals surface area contributed by atoms with E-state index in [2.05, 4.69) is 15.6 Å². The molecule has 0 bridgehead atoms. The molecular weight excluding hydrogens is 266 g/mol. The molecule has 0 fully saturated rings. The zero-order valence-electron chi connectivity index (χ0n) is 11.9. The molecular formula is C16H19N3O2. The average Bonchev–Trinajstić information content (AvgIpc) is 2.54. The van der Waals surface area contributed by atoms with Crippen LogP contribution in [0.5, 0.6) is 0 Å². The van der Waals surface area contributed by atoms with Crippen molar-refractivity contribution in [3.05, 3.63) is 59.9 Å². The molecule has 1 aromatic carbocycles. The van der Waals surface area contributed by atoms with Crippen molar-refractivity contribution in [1.29, 1.82) is 0 Å². The molecule has 1 atom stereocenters. The molecule has 0 aliphatic heterocycles. The maximum absolute atomic E-state index is 11.7. The highest BCUT2D eigenvalue weighted by atomic mass is 16.3. The van der Waals surface area contributed by atoms with Crippen LogP contribution in [-0.4, -0.2) is 29.1 Å². The minimum atomic E-state index is -0.187. The molecule has 0 aliphatic carbocycles. The van der Waals surface area contributed by atoms with Crippen molar-refractivity contribution in [2.45, 2.75) is 13.0 Å². The van der Waals surface area contributed by atoms with Gasteiger partial charge in [0.25, 0.3) is 5.91 Å². The molecule has 2 rings (SSSR count). The predicted molar refractivity (Wildman–Crippen MR) is 82.1 cm³/mol. The standard InChI is InChI=1S/C16H19N3O2/c1-12(15-4-2-3-9-17-15)19-14-7-5-13(6-8-14)16(21)18-10-11-20/h2-9,12,19-20H,10-11H2,1H3,(H,18,21). The second-order valence-electron chi connectivity index (χ2n) is 4.68. The van der Waals surface area contributed by atoms with E-state index in [1.165, 1.54) is 0 Å². The Morgan fingerprint density at radius 3 is 2.62 bits per heavy atom. The first kappa shape index (κ1) is 15.0. The summed E-state index contributed by atoms with van der Waals surface area (Å²) < 4.78 is 0. The van der Waals surface area contributed by atoms with E-state index in [1.54, 1.807) is 18.3 Å². The van der Waals surface area contributed by atoms with E-state index in [9.17, 15) is 4.79 Å². The van der Waals surface area contributed by atoms with Crippen LogP contribution in [0.15, 0.2) is 48.7 Å². The van der Waals surface area contributed by atoms with Crippen molar-refractivity contribution in [2.75, 3.05) is 18.5 Å². The number of carbonyl (C=O) groups excluding carboxylic acids is 1. The molecule has 0 saturated carbocycles. The van der Waals surface area contributed by atoms with Gasteiger partial charge >= 0.3 is 0 Å². The van der Waals surface area contributed by atoms with Crippen LogP contribution in [0.2, 0.25) is 0 Å². The fraction of sp³-hybridized carbons (Fsp3) is 0.250. The van der Waals surface area contributed by atoms with E-state index >= 15 is 0 Å².